The van der Waals surface area contributed by atoms with E-state index >= 15 is 0 Å². The fourth-order valence-corrected chi connectivity index (χ4v) is 1.57. The lowest BCUT2D eigenvalue weighted by Crippen LogP contribution is -2.32. The summed E-state index contributed by atoms with van der Waals surface area (Å²) in [5.74, 6) is 0.817. The van der Waals surface area contributed by atoms with Crippen LogP contribution in [0.3, 0.4) is 0 Å². The fourth-order valence-electron chi connectivity index (χ4n) is 1.57. The van der Waals surface area contributed by atoms with Gasteiger partial charge < -0.3 is 4.90 Å². The Balaban J connectivity index is 2.88. The molecule has 4 heteroatoms. The summed E-state index contributed by atoms with van der Waals surface area (Å²) in [6, 6.07) is 6.00. The molecule has 1 heterocycles. The Morgan fingerprint density at radius 1 is 1.53 bits per heavy atom. The molecule has 1 rings (SSSR count). The van der Waals surface area contributed by atoms with Gasteiger partial charge in [0.05, 0.1) is 12.5 Å². The maximum atomic E-state index is 11.1. The smallest absolute Gasteiger partial charge is 0.161 e. The Hall–Kier alpha value is -1.89. The fraction of sp³-hybridized carbons (Fsp3) is 0.462. The number of rotatable bonds is 5. The number of nitrogens with zero attached hydrogens (tertiary/aromatic N) is 3. The minimum Gasteiger partial charge on any atom is -0.353 e. The summed E-state index contributed by atoms with van der Waals surface area (Å²) in [4.78, 5) is 17.5. The van der Waals surface area contributed by atoms with Gasteiger partial charge in [-0.3, -0.25) is 4.79 Å². The zero-order valence-electron chi connectivity index (χ0n) is 10.5. The van der Waals surface area contributed by atoms with E-state index in [9.17, 15) is 4.79 Å². The number of carbonyl (C=O) groups excluding carboxylic acids is 1. The second-order valence-electron chi connectivity index (χ2n) is 4.16. The van der Waals surface area contributed by atoms with Crippen molar-refractivity contribution in [3.63, 3.8) is 0 Å². The van der Waals surface area contributed by atoms with E-state index in [0.717, 1.165) is 5.82 Å². The number of hydrogen-bond donors (Lipinski definition) is 0. The van der Waals surface area contributed by atoms with Crippen LogP contribution in [0.1, 0.15) is 37.6 Å². The largest absolute Gasteiger partial charge is 0.353 e. The third kappa shape index (κ3) is 3.56. The van der Waals surface area contributed by atoms with E-state index in [2.05, 4.69) is 24.9 Å². The zero-order valence-corrected chi connectivity index (χ0v) is 10.5. The first-order valence-corrected chi connectivity index (χ1v) is 5.67. The van der Waals surface area contributed by atoms with Crippen molar-refractivity contribution in [2.75, 3.05) is 11.4 Å². The molecule has 0 saturated heterocycles. The van der Waals surface area contributed by atoms with Gasteiger partial charge in [-0.05, 0) is 32.9 Å². The average Bonchev–Trinajstić information content (AvgIpc) is 2.29. The van der Waals surface area contributed by atoms with Gasteiger partial charge in [-0.15, -0.1) is 0 Å². The molecule has 0 unspecified atom stereocenters. The molecule has 0 radical (unpaired) electrons. The highest BCUT2D eigenvalue weighted by atomic mass is 16.1. The normalized spacial score (nSPS) is 10.1. The van der Waals surface area contributed by atoms with E-state index in [1.807, 2.05) is 11.0 Å². The number of Topliss-reactive ketones (excluding diaryl/α,β-unsaturated/α-hetero) is 1. The van der Waals surface area contributed by atoms with E-state index in [1.54, 1.807) is 12.3 Å². The van der Waals surface area contributed by atoms with Crippen molar-refractivity contribution < 1.29 is 4.79 Å². The molecule has 90 valence electrons. The molecule has 0 atom stereocenters. The molecule has 0 aliphatic heterocycles. The van der Waals surface area contributed by atoms with Crippen molar-refractivity contribution in [3.05, 3.63) is 23.9 Å². The van der Waals surface area contributed by atoms with Crippen LogP contribution in [-0.4, -0.2) is 23.4 Å². The molecule has 0 aliphatic carbocycles. The van der Waals surface area contributed by atoms with Crippen LogP contribution in [0.25, 0.3) is 0 Å². The van der Waals surface area contributed by atoms with Crippen molar-refractivity contribution in [2.24, 2.45) is 0 Å². The van der Waals surface area contributed by atoms with Crippen LogP contribution >= 0.6 is 0 Å². The molecule has 1 aromatic heterocycles. The molecule has 0 spiro atoms. The first-order chi connectivity index (χ1) is 8.06. The SMILES string of the molecule is CC(=O)c1ccc(N(CCC#N)C(C)C)nc1. The van der Waals surface area contributed by atoms with Crippen LogP contribution in [0.4, 0.5) is 5.82 Å². The van der Waals surface area contributed by atoms with Crippen LogP contribution in [0.5, 0.6) is 0 Å². The minimum atomic E-state index is 0.0113. The quantitative estimate of drug-likeness (QED) is 0.730. The number of pyridine rings is 1. The Morgan fingerprint density at radius 2 is 2.24 bits per heavy atom. The van der Waals surface area contributed by atoms with Gasteiger partial charge in [0.2, 0.25) is 0 Å². The molecule has 0 saturated carbocycles. The molecule has 1 aromatic rings. The molecule has 17 heavy (non-hydrogen) atoms. The van der Waals surface area contributed by atoms with Crippen molar-refractivity contribution in [2.45, 2.75) is 33.2 Å². The topological polar surface area (TPSA) is 57.0 Å². The maximum Gasteiger partial charge on any atom is 0.161 e. The van der Waals surface area contributed by atoms with Crippen molar-refractivity contribution in [3.8, 4) is 6.07 Å². The molecule has 0 bridgehead atoms. The Morgan fingerprint density at radius 3 is 2.65 bits per heavy atom. The molecular weight excluding hydrogens is 214 g/mol. The minimum absolute atomic E-state index is 0.0113. The lowest BCUT2D eigenvalue weighted by Gasteiger charge is -2.26. The van der Waals surface area contributed by atoms with Gasteiger partial charge in [-0.1, -0.05) is 0 Å². The Labute approximate surface area is 102 Å². The van der Waals surface area contributed by atoms with Crippen molar-refractivity contribution in [1.29, 1.82) is 5.26 Å². The second kappa shape index (κ2) is 6.00. The predicted molar refractivity (Wildman–Crippen MR) is 67.0 cm³/mol. The first-order valence-electron chi connectivity index (χ1n) is 5.67. The van der Waals surface area contributed by atoms with E-state index in [4.69, 9.17) is 5.26 Å². The Kier molecular flexibility index (Phi) is 4.65. The standard InChI is InChI=1S/C13H17N3O/c1-10(2)16(8-4-7-14)13-6-5-12(9-15-13)11(3)17/h5-6,9-10H,4,8H2,1-3H3. The van der Waals surface area contributed by atoms with E-state index < -0.39 is 0 Å². The summed E-state index contributed by atoms with van der Waals surface area (Å²) >= 11 is 0. The summed E-state index contributed by atoms with van der Waals surface area (Å²) in [7, 11) is 0. The van der Waals surface area contributed by atoms with Crippen LogP contribution < -0.4 is 4.90 Å². The average molecular weight is 231 g/mol. The zero-order chi connectivity index (χ0) is 12.8. The van der Waals surface area contributed by atoms with Gasteiger partial charge >= 0.3 is 0 Å². The molecule has 0 aliphatic rings. The van der Waals surface area contributed by atoms with Crippen LogP contribution in [0, 0.1) is 11.3 Å². The summed E-state index contributed by atoms with van der Waals surface area (Å²) in [6.45, 7) is 6.28. The number of aromatic nitrogens is 1. The van der Waals surface area contributed by atoms with Crippen LogP contribution in [0.15, 0.2) is 18.3 Å². The molecule has 0 amide bonds. The van der Waals surface area contributed by atoms with E-state index in [1.165, 1.54) is 6.92 Å². The van der Waals surface area contributed by atoms with Crippen LogP contribution in [0.2, 0.25) is 0 Å². The number of ketones is 1. The number of nitriles is 1. The second-order valence-corrected chi connectivity index (χ2v) is 4.16. The third-order valence-electron chi connectivity index (χ3n) is 2.54. The summed E-state index contributed by atoms with van der Waals surface area (Å²) < 4.78 is 0. The lowest BCUT2D eigenvalue weighted by molar-refractivity contribution is 0.101. The maximum absolute atomic E-state index is 11.1. The molecule has 0 aromatic carbocycles. The summed E-state index contributed by atoms with van der Waals surface area (Å²) in [5.41, 5.74) is 0.609. The summed E-state index contributed by atoms with van der Waals surface area (Å²) in [6.07, 6.45) is 2.05. The number of hydrogen-bond acceptors (Lipinski definition) is 4. The van der Waals surface area contributed by atoms with Gasteiger partial charge in [-0.2, -0.15) is 5.26 Å². The highest BCUT2D eigenvalue weighted by Gasteiger charge is 2.11. The monoisotopic (exact) mass is 231 g/mol. The predicted octanol–water partition coefficient (Wildman–Crippen LogP) is 2.41. The van der Waals surface area contributed by atoms with Crippen LogP contribution in [-0.2, 0) is 0 Å². The van der Waals surface area contributed by atoms with Crippen molar-refractivity contribution in [1.82, 2.24) is 4.98 Å². The van der Waals surface area contributed by atoms with E-state index in [-0.39, 0.29) is 11.8 Å². The van der Waals surface area contributed by atoms with Crippen molar-refractivity contribution >= 4 is 11.6 Å². The first kappa shape index (κ1) is 13.2. The van der Waals surface area contributed by atoms with Gasteiger partial charge in [0.15, 0.2) is 5.78 Å². The van der Waals surface area contributed by atoms with Gasteiger partial charge in [0.1, 0.15) is 5.82 Å². The molecule has 0 N–H and O–H groups in total. The van der Waals surface area contributed by atoms with Gasteiger partial charge in [0, 0.05) is 24.3 Å². The highest BCUT2D eigenvalue weighted by molar-refractivity contribution is 5.93. The third-order valence-corrected chi connectivity index (χ3v) is 2.54. The molecular formula is C13H17N3O. The summed E-state index contributed by atoms with van der Waals surface area (Å²) in [5, 5.41) is 8.62. The lowest BCUT2D eigenvalue weighted by atomic mass is 10.2. The molecule has 0 fully saturated rings. The van der Waals surface area contributed by atoms with E-state index in [0.29, 0.717) is 18.5 Å². The number of carbonyl (C=O) groups is 1. The van der Waals surface area contributed by atoms with Gasteiger partial charge in [-0.25, -0.2) is 4.98 Å². The molecule has 4 nitrogen and oxygen atoms in total. The highest BCUT2D eigenvalue weighted by Crippen LogP contribution is 2.15. The number of anilines is 1. The Bertz CT molecular complexity index is 417. The van der Waals surface area contributed by atoms with Gasteiger partial charge in [0.25, 0.3) is 0 Å².